The smallest absolute Gasteiger partial charge is 0.389 e. The van der Waals surface area contributed by atoms with Gasteiger partial charge in [-0.2, -0.15) is 13.2 Å². The van der Waals surface area contributed by atoms with Crippen molar-refractivity contribution in [3.05, 3.63) is 23.8 Å². The summed E-state index contributed by atoms with van der Waals surface area (Å²) in [6.45, 7) is -0.290. The molecule has 0 saturated carbocycles. The fraction of sp³-hybridized carbons (Fsp3) is 0.500. The monoisotopic (exact) mass is 206 g/mol. The lowest BCUT2D eigenvalue weighted by Crippen LogP contribution is -2.09. The molecule has 1 aromatic rings. The molecule has 78 valence electrons. The number of aromatic nitrogens is 2. The Bertz CT molecular complexity index is 301. The van der Waals surface area contributed by atoms with E-state index in [0.29, 0.717) is 11.4 Å². The minimum absolute atomic E-state index is 0.182. The van der Waals surface area contributed by atoms with Crippen LogP contribution in [-0.2, 0) is 13.0 Å². The number of nitrogens with zero attached hydrogens (tertiary/aromatic N) is 2. The third kappa shape index (κ3) is 3.69. The first-order valence-electron chi connectivity index (χ1n) is 3.98. The van der Waals surface area contributed by atoms with Crippen LogP contribution in [0.4, 0.5) is 13.2 Å². The summed E-state index contributed by atoms with van der Waals surface area (Å²) in [5, 5.41) is 8.68. The Balaban J connectivity index is 2.59. The number of alkyl halides is 3. The van der Waals surface area contributed by atoms with Crippen molar-refractivity contribution in [3.8, 4) is 0 Å². The van der Waals surface area contributed by atoms with Crippen molar-refractivity contribution >= 4 is 0 Å². The molecular formula is C8H9F3N2O. The SMILES string of the molecule is OCc1cc(CCC(F)(F)F)ncn1. The second-order valence-electron chi connectivity index (χ2n) is 2.77. The minimum Gasteiger partial charge on any atom is -0.390 e. The highest BCUT2D eigenvalue weighted by molar-refractivity contribution is 5.07. The number of aryl methyl sites for hydroxylation is 1. The molecule has 0 aliphatic rings. The van der Waals surface area contributed by atoms with E-state index in [9.17, 15) is 13.2 Å². The molecule has 1 aromatic heterocycles. The standard InChI is InChI=1S/C8H9F3N2O/c9-8(10,11)2-1-6-3-7(4-14)13-5-12-6/h3,5,14H,1-2,4H2. The predicted molar refractivity (Wildman–Crippen MR) is 42.3 cm³/mol. The number of rotatable bonds is 3. The minimum atomic E-state index is -4.18. The van der Waals surface area contributed by atoms with Gasteiger partial charge in [-0.3, -0.25) is 0 Å². The van der Waals surface area contributed by atoms with Crippen LogP contribution in [0.2, 0.25) is 0 Å². The number of aliphatic hydroxyl groups excluding tert-OH is 1. The Morgan fingerprint density at radius 2 is 1.86 bits per heavy atom. The zero-order valence-corrected chi connectivity index (χ0v) is 7.25. The molecule has 0 aliphatic carbocycles. The van der Waals surface area contributed by atoms with Crippen LogP contribution < -0.4 is 0 Å². The highest BCUT2D eigenvalue weighted by Gasteiger charge is 2.26. The van der Waals surface area contributed by atoms with Crippen molar-refractivity contribution in [1.82, 2.24) is 9.97 Å². The van der Waals surface area contributed by atoms with Crippen molar-refractivity contribution in [3.63, 3.8) is 0 Å². The van der Waals surface area contributed by atoms with Gasteiger partial charge < -0.3 is 5.11 Å². The molecule has 0 radical (unpaired) electrons. The van der Waals surface area contributed by atoms with E-state index < -0.39 is 12.6 Å². The Morgan fingerprint density at radius 3 is 2.43 bits per heavy atom. The van der Waals surface area contributed by atoms with Gasteiger partial charge in [-0.05, 0) is 12.5 Å². The molecule has 1 rings (SSSR count). The zero-order chi connectivity index (χ0) is 10.6. The van der Waals surface area contributed by atoms with Crippen molar-refractivity contribution in [1.29, 1.82) is 0 Å². The highest BCUT2D eigenvalue weighted by Crippen LogP contribution is 2.21. The van der Waals surface area contributed by atoms with E-state index in [4.69, 9.17) is 5.11 Å². The Labute approximate surface area is 78.6 Å². The van der Waals surface area contributed by atoms with E-state index in [2.05, 4.69) is 9.97 Å². The molecule has 14 heavy (non-hydrogen) atoms. The van der Waals surface area contributed by atoms with Crippen LogP contribution in [-0.4, -0.2) is 21.3 Å². The van der Waals surface area contributed by atoms with E-state index in [1.807, 2.05) is 0 Å². The fourth-order valence-electron chi connectivity index (χ4n) is 0.937. The fourth-order valence-corrected chi connectivity index (χ4v) is 0.937. The van der Waals surface area contributed by atoms with Crippen LogP contribution in [0, 0.1) is 0 Å². The van der Waals surface area contributed by atoms with E-state index in [1.165, 1.54) is 6.07 Å². The van der Waals surface area contributed by atoms with Crippen molar-refractivity contribution in [2.75, 3.05) is 0 Å². The van der Waals surface area contributed by atoms with Crippen molar-refractivity contribution in [2.24, 2.45) is 0 Å². The third-order valence-electron chi connectivity index (χ3n) is 1.61. The van der Waals surface area contributed by atoms with E-state index in [1.54, 1.807) is 0 Å². The van der Waals surface area contributed by atoms with Crippen LogP contribution in [0.15, 0.2) is 12.4 Å². The van der Waals surface area contributed by atoms with Gasteiger partial charge in [0.2, 0.25) is 0 Å². The van der Waals surface area contributed by atoms with Gasteiger partial charge in [0, 0.05) is 12.1 Å². The molecule has 1 N–H and O–H groups in total. The molecule has 0 amide bonds. The maximum atomic E-state index is 11.8. The molecule has 0 aromatic carbocycles. The van der Waals surface area contributed by atoms with Crippen LogP contribution >= 0.6 is 0 Å². The molecule has 0 fully saturated rings. The lowest BCUT2D eigenvalue weighted by molar-refractivity contribution is -0.134. The van der Waals surface area contributed by atoms with Gasteiger partial charge in [-0.1, -0.05) is 0 Å². The molecule has 0 spiro atoms. The lowest BCUT2D eigenvalue weighted by atomic mass is 10.2. The Hall–Kier alpha value is -1.17. The topological polar surface area (TPSA) is 46.0 Å². The first kappa shape index (κ1) is 10.9. The maximum Gasteiger partial charge on any atom is 0.389 e. The average molecular weight is 206 g/mol. The van der Waals surface area contributed by atoms with Gasteiger partial charge in [-0.15, -0.1) is 0 Å². The van der Waals surface area contributed by atoms with E-state index in [-0.39, 0.29) is 13.0 Å². The number of aliphatic hydroxyl groups is 1. The molecule has 0 bridgehead atoms. The summed E-state index contributed by atoms with van der Waals surface area (Å²) in [6, 6.07) is 1.37. The summed E-state index contributed by atoms with van der Waals surface area (Å²) in [5.74, 6) is 0. The van der Waals surface area contributed by atoms with Crippen LogP contribution in [0.25, 0.3) is 0 Å². The molecule has 0 unspecified atom stereocenters. The van der Waals surface area contributed by atoms with Gasteiger partial charge in [0.15, 0.2) is 0 Å². The second-order valence-corrected chi connectivity index (χ2v) is 2.77. The summed E-state index contributed by atoms with van der Waals surface area (Å²) < 4.78 is 35.5. The third-order valence-corrected chi connectivity index (χ3v) is 1.61. The molecule has 0 aliphatic heterocycles. The van der Waals surface area contributed by atoms with Gasteiger partial charge >= 0.3 is 6.18 Å². The van der Waals surface area contributed by atoms with Gasteiger partial charge in [0.05, 0.1) is 12.3 Å². The van der Waals surface area contributed by atoms with Gasteiger partial charge in [0.25, 0.3) is 0 Å². The summed E-state index contributed by atoms with van der Waals surface area (Å²) >= 11 is 0. The quantitative estimate of drug-likeness (QED) is 0.814. The van der Waals surface area contributed by atoms with Crippen LogP contribution in [0.5, 0.6) is 0 Å². The largest absolute Gasteiger partial charge is 0.390 e. The molecule has 0 saturated heterocycles. The average Bonchev–Trinajstić information content (AvgIpc) is 2.14. The van der Waals surface area contributed by atoms with Crippen molar-refractivity contribution in [2.45, 2.75) is 25.6 Å². The molecular weight excluding hydrogens is 197 g/mol. The first-order chi connectivity index (χ1) is 6.51. The Kier molecular flexibility index (Phi) is 3.40. The molecule has 1 heterocycles. The summed E-state index contributed by atoms with van der Waals surface area (Å²) in [6.07, 6.45) is -4.12. The molecule has 0 atom stereocenters. The van der Waals surface area contributed by atoms with E-state index >= 15 is 0 Å². The summed E-state index contributed by atoms with van der Waals surface area (Å²) in [5.41, 5.74) is 0.624. The van der Waals surface area contributed by atoms with Crippen molar-refractivity contribution < 1.29 is 18.3 Å². The lowest BCUT2D eigenvalue weighted by Gasteiger charge is -2.05. The number of hydrogen-bond donors (Lipinski definition) is 1. The van der Waals surface area contributed by atoms with E-state index in [0.717, 1.165) is 6.33 Å². The normalized spacial score (nSPS) is 11.7. The number of hydrogen-bond acceptors (Lipinski definition) is 3. The summed E-state index contributed by atoms with van der Waals surface area (Å²) in [4.78, 5) is 7.33. The highest BCUT2D eigenvalue weighted by atomic mass is 19.4. The summed E-state index contributed by atoms with van der Waals surface area (Å²) in [7, 11) is 0. The Morgan fingerprint density at radius 1 is 1.21 bits per heavy atom. The van der Waals surface area contributed by atoms with Crippen LogP contribution in [0.1, 0.15) is 17.8 Å². The maximum absolute atomic E-state index is 11.8. The van der Waals surface area contributed by atoms with Crippen LogP contribution in [0.3, 0.4) is 0 Å². The molecule has 3 nitrogen and oxygen atoms in total. The zero-order valence-electron chi connectivity index (χ0n) is 7.25. The predicted octanol–water partition coefficient (Wildman–Crippen LogP) is 1.46. The second kappa shape index (κ2) is 4.36. The van der Waals surface area contributed by atoms with Gasteiger partial charge in [0.1, 0.15) is 6.33 Å². The first-order valence-corrected chi connectivity index (χ1v) is 3.98. The molecule has 6 heteroatoms. The van der Waals surface area contributed by atoms with Gasteiger partial charge in [-0.25, -0.2) is 9.97 Å². The number of halogens is 3.